The molecular weight excluding hydrogens is 357 g/mol. The molecule has 0 spiro atoms. The molecule has 0 bridgehead atoms. The summed E-state index contributed by atoms with van der Waals surface area (Å²) in [6.45, 7) is 0. The molecule has 0 fully saturated rings. The summed E-state index contributed by atoms with van der Waals surface area (Å²) in [5, 5.41) is 8.36. The highest BCUT2D eigenvalue weighted by Gasteiger charge is 2.14. The van der Waals surface area contributed by atoms with Crippen molar-refractivity contribution in [1.29, 1.82) is 0 Å². The van der Waals surface area contributed by atoms with Crippen LogP contribution in [-0.2, 0) is 0 Å². The number of nitrogens with zero attached hydrogens (tertiary/aromatic N) is 2. The fraction of sp³-hybridized carbons (Fsp3) is 0. The molecule has 0 saturated carbocycles. The molecule has 23 heavy (non-hydrogen) atoms. The van der Waals surface area contributed by atoms with Crippen molar-refractivity contribution in [1.82, 2.24) is 9.78 Å². The van der Waals surface area contributed by atoms with Crippen molar-refractivity contribution in [2.75, 3.05) is 5.32 Å². The van der Waals surface area contributed by atoms with Crippen molar-refractivity contribution < 1.29 is 4.79 Å². The Hall–Kier alpha value is -2.01. The highest BCUT2D eigenvalue weighted by molar-refractivity contribution is 6.37. The number of aromatic nitrogens is 2. The van der Waals surface area contributed by atoms with Gasteiger partial charge in [-0.1, -0.05) is 34.8 Å². The molecule has 0 atom stereocenters. The van der Waals surface area contributed by atoms with Crippen LogP contribution in [0.5, 0.6) is 0 Å². The van der Waals surface area contributed by atoms with Gasteiger partial charge in [0.25, 0.3) is 5.91 Å². The number of benzene rings is 2. The molecular formula is C16H10Cl3N3O. The fourth-order valence-corrected chi connectivity index (χ4v) is 2.66. The number of carbonyl (C=O) groups is 1. The molecule has 3 aromatic rings. The number of carbonyl (C=O) groups excluding carboxylic acids is 1. The van der Waals surface area contributed by atoms with Gasteiger partial charge in [0.05, 0.1) is 22.5 Å². The van der Waals surface area contributed by atoms with Gasteiger partial charge in [0, 0.05) is 16.1 Å². The number of hydrogen-bond acceptors (Lipinski definition) is 2. The van der Waals surface area contributed by atoms with Crippen molar-refractivity contribution >= 4 is 46.5 Å². The molecule has 1 amide bonds. The van der Waals surface area contributed by atoms with E-state index in [1.165, 1.54) is 6.07 Å². The number of amides is 1. The minimum Gasteiger partial charge on any atom is -0.306 e. The molecule has 0 unspecified atom stereocenters. The van der Waals surface area contributed by atoms with Crippen molar-refractivity contribution in [3.63, 3.8) is 0 Å². The van der Waals surface area contributed by atoms with Crippen LogP contribution in [0.3, 0.4) is 0 Å². The molecule has 116 valence electrons. The van der Waals surface area contributed by atoms with E-state index in [1.807, 2.05) is 0 Å². The SMILES string of the molecule is O=C(Nc1ccnn1-c1ccc(Cl)cc1)c1ccc(Cl)cc1Cl. The van der Waals surface area contributed by atoms with Crippen molar-refractivity contribution in [2.24, 2.45) is 0 Å². The van der Waals surface area contributed by atoms with Crippen LogP contribution < -0.4 is 5.32 Å². The molecule has 1 heterocycles. The van der Waals surface area contributed by atoms with Gasteiger partial charge in [0.2, 0.25) is 0 Å². The summed E-state index contributed by atoms with van der Waals surface area (Å²) in [4.78, 5) is 12.4. The predicted molar refractivity (Wildman–Crippen MR) is 93.0 cm³/mol. The van der Waals surface area contributed by atoms with E-state index >= 15 is 0 Å². The van der Waals surface area contributed by atoms with Crippen LogP contribution in [0, 0.1) is 0 Å². The zero-order valence-corrected chi connectivity index (χ0v) is 13.9. The Morgan fingerprint density at radius 1 is 0.957 bits per heavy atom. The van der Waals surface area contributed by atoms with E-state index in [2.05, 4.69) is 10.4 Å². The van der Waals surface area contributed by atoms with Crippen LogP contribution in [0.1, 0.15) is 10.4 Å². The molecule has 0 aliphatic rings. The summed E-state index contributed by atoms with van der Waals surface area (Å²) < 4.78 is 1.60. The number of halogens is 3. The Kier molecular flexibility index (Phi) is 4.57. The smallest absolute Gasteiger partial charge is 0.258 e. The Labute approximate surface area is 147 Å². The van der Waals surface area contributed by atoms with E-state index in [-0.39, 0.29) is 10.9 Å². The highest BCUT2D eigenvalue weighted by atomic mass is 35.5. The lowest BCUT2D eigenvalue weighted by Gasteiger charge is -2.10. The lowest BCUT2D eigenvalue weighted by molar-refractivity contribution is 0.102. The van der Waals surface area contributed by atoms with Crippen LogP contribution >= 0.6 is 34.8 Å². The average Bonchev–Trinajstić information content (AvgIpc) is 2.96. The third-order valence-electron chi connectivity index (χ3n) is 3.13. The van der Waals surface area contributed by atoms with Gasteiger partial charge in [-0.15, -0.1) is 0 Å². The minimum absolute atomic E-state index is 0.285. The Balaban J connectivity index is 1.88. The molecule has 0 aliphatic heterocycles. The zero-order chi connectivity index (χ0) is 16.4. The fourth-order valence-electron chi connectivity index (χ4n) is 2.04. The molecule has 1 aromatic heterocycles. The van der Waals surface area contributed by atoms with Crippen molar-refractivity contribution in [3.8, 4) is 5.69 Å². The third-order valence-corrected chi connectivity index (χ3v) is 3.93. The summed E-state index contributed by atoms with van der Waals surface area (Å²) >= 11 is 17.8. The van der Waals surface area contributed by atoms with Crippen LogP contribution in [0.2, 0.25) is 15.1 Å². The lowest BCUT2D eigenvalue weighted by atomic mass is 10.2. The zero-order valence-electron chi connectivity index (χ0n) is 11.6. The van der Waals surface area contributed by atoms with E-state index in [0.29, 0.717) is 21.4 Å². The van der Waals surface area contributed by atoms with Gasteiger partial charge < -0.3 is 5.32 Å². The molecule has 7 heteroatoms. The first kappa shape index (κ1) is 15.9. The Morgan fingerprint density at radius 3 is 2.35 bits per heavy atom. The third kappa shape index (κ3) is 3.50. The van der Waals surface area contributed by atoms with Crippen LogP contribution in [0.4, 0.5) is 5.82 Å². The summed E-state index contributed by atoms with van der Waals surface area (Å²) in [5.41, 5.74) is 1.11. The van der Waals surface area contributed by atoms with Gasteiger partial charge in [-0.2, -0.15) is 5.10 Å². The van der Waals surface area contributed by atoms with Gasteiger partial charge in [-0.05, 0) is 42.5 Å². The molecule has 1 N–H and O–H groups in total. The van der Waals surface area contributed by atoms with E-state index in [1.54, 1.807) is 53.3 Å². The largest absolute Gasteiger partial charge is 0.306 e. The average molecular weight is 367 g/mol. The quantitative estimate of drug-likeness (QED) is 0.702. The second kappa shape index (κ2) is 6.62. The summed E-state index contributed by atoms with van der Waals surface area (Å²) in [6, 6.07) is 13.5. The molecule has 0 saturated heterocycles. The maximum absolute atomic E-state index is 12.4. The van der Waals surface area contributed by atoms with Gasteiger partial charge in [0.1, 0.15) is 5.82 Å². The Morgan fingerprint density at radius 2 is 1.65 bits per heavy atom. The van der Waals surface area contributed by atoms with Gasteiger partial charge in [-0.25, -0.2) is 4.68 Å². The molecule has 0 aliphatic carbocycles. The number of nitrogens with one attached hydrogen (secondary N) is 1. The van der Waals surface area contributed by atoms with E-state index in [4.69, 9.17) is 34.8 Å². The summed E-state index contributed by atoms with van der Waals surface area (Å²) in [6.07, 6.45) is 1.59. The molecule has 4 nitrogen and oxygen atoms in total. The van der Waals surface area contributed by atoms with Gasteiger partial charge in [0.15, 0.2) is 0 Å². The summed E-state index contributed by atoms with van der Waals surface area (Å²) in [7, 11) is 0. The van der Waals surface area contributed by atoms with Gasteiger partial charge in [-0.3, -0.25) is 4.79 Å². The van der Waals surface area contributed by atoms with E-state index < -0.39 is 0 Å². The standard InChI is InChI=1S/C16H10Cl3N3O/c17-10-1-4-12(5-2-10)22-15(7-8-20-22)21-16(23)13-6-3-11(18)9-14(13)19/h1-9H,(H,21,23). The number of hydrogen-bond donors (Lipinski definition) is 1. The topological polar surface area (TPSA) is 46.9 Å². The van der Waals surface area contributed by atoms with Gasteiger partial charge >= 0.3 is 0 Å². The Bertz CT molecular complexity index is 859. The van der Waals surface area contributed by atoms with Crippen molar-refractivity contribution in [2.45, 2.75) is 0 Å². The monoisotopic (exact) mass is 365 g/mol. The van der Waals surface area contributed by atoms with Crippen LogP contribution in [0.25, 0.3) is 5.69 Å². The second-order valence-electron chi connectivity index (χ2n) is 4.68. The number of rotatable bonds is 3. The highest BCUT2D eigenvalue weighted by Crippen LogP contribution is 2.23. The lowest BCUT2D eigenvalue weighted by Crippen LogP contribution is -2.15. The normalized spacial score (nSPS) is 10.6. The molecule has 2 aromatic carbocycles. The first-order valence-corrected chi connectivity index (χ1v) is 7.74. The second-order valence-corrected chi connectivity index (χ2v) is 5.96. The van der Waals surface area contributed by atoms with Crippen LogP contribution in [-0.4, -0.2) is 15.7 Å². The van der Waals surface area contributed by atoms with Crippen molar-refractivity contribution in [3.05, 3.63) is 75.4 Å². The minimum atomic E-state index is -0.345. The maximum atomic E-state index is 12.4. The first-order chi connectivity index (χ1) is 11.0. The number of anilines is 1. The maximum Gasteiger partial charge on any atom is 0.258 e. The first-order valence-electron chi connectivity index (χ1n) is 6.61. The van der Waals surface area contributed by atoms with E-state index in [9.17, 15) is 4.79 Å². The van der Waals surface area contributed by atoms with Crippen LogP contribution in [0.15, 0.2) is 54.7 Å². The molecule has 3 rings (SSSR count). The summed E-state index contributed by atoms with van der Waals surface area (Å²) in [5.74, 6) is 0.172. The predicted octanol–water partition coefficient (Wildman–Crippen LogP) is 5.08. The van der Waals surface area contributed by atoms with E-state index in [0.717, 1.165) is 5.69 Å². The molecule has 0 radical (unpaired) electrons.